The molecular formula is C19H15N3O4S. The Labute approximate surface area is 158 Å². The highest BCUT2D eigenvalue weighted by Crippen LogP contribution is 2.41. The molecule has 2 aromatic heterocycles. The Morgan fingerprint density at radius 3 is 2.96 bits per heavy atom. The highest BCUT2D eigenvalue weighted by Gasteiger charge is 2.54. The van der Waals surface area contributed by atoms with Gasteiger partial charge in [0.25, 0.3) is 5.91 Å². The lowest BCUT2D eigenvalue weighted by molar-refractivity contribution is -0.133. The molecule has 1 fully saturated rings. The van der Waals surface area contributed by atoms with Crippen LogP contribution in [-0.4, -0.2) is 28.4 Å². The molecule has 0 bridgehead atoms. The third kappa shape index (κ3) is 2.44. The minimum absolute atomic E-state index is 0.0598. The lowest BCUT2D eigenvalue weighted by Gasteiger charge is -2.33. The summed E-state index contributed by atoms with van der Waals surface area (Å²) in [6.07, 6.45) is 1.88. The predicted molar refractivity (Wildman–Crippen MR) is 97.1 cm³/mol. The zero-order chi connectivity index (χ0) is 18.4. The first-order chi connectivity index (χ1) is 13.2. The molecule has 0 radical (unpaired) electrons. The van der Waals surface area contributed by atoms with Crippen LogP contribution in [0.3, 0.4) is 0 Å². The Morgan fingerprint density at radius 1 is 1.22 bits per heavy atom. The number of nitrogens with zero attached hydrogens (tertiary/aromatic N) is 2. The molecule has 0 aliphatic carbocycles. The SMILES string of the molecule is O=C1NC2(CCOc3ccccc32)C(=O)N1Cc1coc(-c2cccs2)n1. The van der Waals surface area contributed by atoms with E-state index in [0.29, 0.717) is 35.9 Å². The minimum Gasteiger partial charge on any atom is -0.493 e. The average molecular weight is 381 g/mol. The van der Waals surface area contributed by atoms with Gasteiger partial charge in [0.15, 0.2) is 5.54 Å². The topological polar surface area (TPSA) is 84.7 Å². The molecule has 136 valence electrons. The zero-order valence-electron chi connectivity index (χ0n) is 14.2. The molecule has 27 heavy (non-hydrogen) atoms. The molecule has 8 heteroatoms. The van der Waals surface area contributed by atoms with Gasteiger partial charge in [0.2, 0.25) is 5.89 Å². The number of hydrogen-bond donors (Lipinski definition) is 1. The van der Waals surface area contributed by atoms with Crippen LogP contribution in [-0.2, 0) is 16.9 Å². The molecule has 3 aromatic rings. The van der Waals surface area contributed by atoms with Crippen LogP contribution in [0.25, 0.3) is 10.8 Å². The molecule has 7 nitrogen and oxygen atoms in total. The Kier molecular flexibility index (Phi) is 3.54. The van der Waals surface area contributed by atoms with Crippen LogP contribution in [0.1, 0.15) is 17.7 Å². The van der Waals surface area contributed by atoms with E-state index in [1.807, 2.05) is 41.8 Å². The number of amides is 3. The number of aromatic nitrogens is 1. The summed E-state index contributed by atoms with van der Waals surface area (Å²) in [6.45, 7) is 0.424. The number of nitrogens with one attached hydrogen (secondary N) is 1. The van der Waals surface area contributed by atoms with Crippen molar-refractivity contribution in [2.45, 2.75) is 18.5 Å². The summed E-state index contributed by atoms with van der Waals surface area (Å²) in [7, 11) is 0. The number of para-hydroxylation sites is 1. The zero-order valence-corrected chi connectivity index (χ0v) is 15.0. The van der Waals surface area contributed by atoms with Crippen LogP contribution in [0, 0.1) is 0 Å². The van der Waals surface area contributed by atoms with Gasteiger partial charge in [-0.1, -0.05) is 24.3 Å². The molecule has 5 rings (SSSR count). The predicted octanol–water partition coefficient (Wildman–Crippen LogP) is 3.13. The lowest BCUT2D eigenvalue weighted by Crippen LogP contribution is -2.47. The summed E-state index contributed by atoms with van der Waals surface area (Å²) in [6, 6.07) is 10.7. The number of ether oxygens (including phenoxy) is 1. The van der Waals surface area contributed by atoms with Crippen LogP contribution in [0.15, 0.2) is 52.5 Å². The molecule has 4 heterocycles. The fourth-order valence-corrected chi connectivity index (χ4v) is 4.23. The van der Waals surface area contributed by atoms with Gasteiger partial charge in [0, 0.05) is 12.0 Å². The standard InChI is InChI=1S/C19H15N3O4S/c23-17-19(7-8-25-14-5-2-1-4-13(14)19)21-18(24)22(17)10-12-11-26-16(20-12)15-6-3-9-27-15/h1-6,9,11H,7-8,10H2,(H,21,24). The summed E-state index contributed by atoms with van der Waals surface area (Å²) in [5.41, 5.74) is 0.141. The van der Waals surface area contributed by atoms with Crippen LogP contribution < -0.4 is 10.1 Å². The van der Waals surface area contributed by atoms with Gasteiger partial charge in [0.05, 0.1) is 23.7 Å². The van der Waals surface area contributed by atoms with Crippen molar-refractivity contribution in [2.75, 3.05) is 6.61 Å². The molecule has 1 unspecified atom stereocenters. The van der Waals surface area contributed by atoms with Gasteiger partial charge in [0.1, 0.15) is 12.0 Å². The Bertz CT molecular complexity index is 1030. The van der Waals surface area contributed by atoms with Gasteiger partial charge in [-0.25, -0.2) is 9.78 Å². The number of oxazole rings is 1. The highest BCUT2D eigenvalue weighted by molar-refractivity contribution is 7.13. The van der Waals surface area contributed by atoms with Gasteiger partial charge >= 0.3 is 6.03 Å². The number of hydrogen-bond acceptors (Lipinski definition) is 6. The third-order valence-corrected chi connectivity index (χ3v) is 5.72. The van der Waals surface area contributed by atoms with Crippen molar-refractivity contribution in [2.24, 2.45) is 0 Å². The van der Waals surface area contributed by atoms with E-state index in [1.54, 1.807) is 0 Å². The number of benzene rings is 1. The van der Waals surface area contributed by atoms with Gasteiger partial charge in [-0.3, -0.25) is 9.69 Å². The molecule has 2 aliphatic heterocycles. The van der Waals surface area contributed by atoms with Gasteiger partial charge in [-0.15, -0.1) is 11.3 Å². The summed E-state index contributed by atoms with van der Waals surface area (Å²) >= 11 is 1.51. The normalized spacial score (nSPS) is 21.3. The van der Waals surface area contributed by atoms with Crippen LogP contribution >= 0.6 is 11.3 Å². The summed E-state index contributed by atoms with van der Waals surface area (Å²) in [5, 5.41) is 4.81. The molecule has 0 saturated carbocycles. The molecule has 1 aromatic carbocycles. The average Bonchev–Trinajstić information content (AvgIpc) is 3.40. The van der Waals surface area contributed by atoms with Crippen molar-refractivity contribution in [1.29, 1.82) is 0 Å². The number of imide groups is 1. The number of carbonyl (C=O) groups is 2. The number of fused-ring (bicyclic) bond motifs is 2. The molecule has 1 atom stereocenters. The molecule has 1 saturated heterocycles. The summed E-state index contributed by atoms with van der Waals surface area (Å²) in [5.74, 6) is 0.822. The van der Waals surface area contributed by atoms with Gasteiger partial charge < -0.3 is 14.5 Å². The van der Waals surface area contributed by atoms with Crippen LogP contribution in [0.2, 0.25) is 0 Å². The second kappa shape index (κ2) is 5.95. The van der Waals surface area contributed by atoms with E-state index in [1.165, 1.54) is 22.5 Å². The first-order valence-electron chi connectivity index (χ1n) is 8.52. The maximum Gasteiger partial charge on any atom is 0.325 e. The Hall–Kier alpha value is -3.13. The Balaban J connectivity index is 1.44. The van der Waals surface area contributed by atoms with Gasteiger partial charge in [-0.2, -0.15) is 0 Å². The summed E-state index contributed by atoms with van der Waals surface area (Å²) in [4.78, 5) is 32.3. The van der Waals surface area contributed by atoms with E-state index in [9.17, 15) is 9.59 Å². The van der Waals surface area contributed by atoms with E-state index in [4.69, 9.17) is 9.15 Å². The molecule has 1 spiro atoms. The molecule has 2 aliphatic rings. The smallest absolute Gasteiger partial charge is 0.325 e. The lowest BCUT2D eigenvalue weighted by atomic mass is 9.84. The third-order valence-electron chi connectivity index (χ3n) is 4.86. The summed E-state index contributed by atoms with van der Waals surface area (Å²) < 4.78 is 11.1. The first kappa shape index (κ1) is 16.1. The number of thiophene rings is 1. The minimum atomic E-state index is -1.08. The van der Waals surface area contributed by atoms with Crippen LogP contribution in [0.5, 0.6) is 5.75 Å². The van der Waals surface area contributed by atoms with Crippen molar-refractivity contribution in [3.05, 3.63) is 59.3 Å². The van der Waals surface area contributed by atoms with Crippen molar-refractivity contribution >= 4 is 23.3 Å². The fraction of sp³-hybridized carbons (Fsp3) is 0.211. The number of rotatable bonds is 3. The van der Waals surface area contributed by atoms with Crippen LogP contribution in [0.4, 0.5) is 4.79 Å². The van der Waals surface area contributed by atoms with Crippen molar-refractivity contribution in [1.82, 2.24) is 15.2 Å². The Morgan fingerprint density at radius 2 is 2.11 bits per heavy atom. The second-order valence-corrected chi connectivity index (χ2v) is 7.39. The highest BCUT2D eigenvalue weighted by atomic mass is 32.1. The quantitative estimate of drug-likeness (QED) is 0.705. The monoisotopic (exact) mass is 381 g/mol. The molecule has 1 N–H and O–H groups in total. The fourth-order valence-electron chi connectivity index (χ4n) is 3.57. The second-order valence-electron chi connectivity index (χ2n) is 6.44. The van der Waals surface area contributed by atoms with E-state index in [0.717, 1.165) is 4.88 Å². The van der Waals surface area contributed by atoms with E-state index >= 15 is 0 Å². The molecule has 3 amide bonds. The van der Waals surface area contributed by atoms with Gasteiger partial charge in [-0.05, 0) is 17.5 Å². The maximum absolute atomic E-state index is 13.2. The number of carbonyl (C=O) groups excluding carboxylic acids is 2. The maximum atomic E-state index is 13.2. The van der Waals surface area contributed by atoms with Crippen molar-refractivity contribution in [3.8, 4) is 16.5 Å². The number of urea groups is 1. The van der Waals surface area contributed by atoms with E-state index in [-0.39, 0.29) is 12.5 Å². The van der Waals surface area contributed by atoms with E-state index < -0.39 is 11.6 Å². The molecular weight excluding hydrogens is 366 g/mol. The van der Waals surface area contributed by atoms with Crippen molar-refractivity contribution < 1.29 is 18.7 Å². The first-order valence-corrected chi connectivity index (χ1v) is 9.40. The largest absolute Gasteiger partial charge is 0.493 e. The van der Waals surface area contributed by atoms with Crippen molar-refractivity contribution in [3.63, 3.8) is 0 Å². The van der Waals surface area contributed by atoms with E-state index in [2.05, 4.69) is 10.3 Å².